The van der Waals surface area contributed by atoms with Crippen molar-refractivity contribution in [1.82, 2.24) is 14.8 Å². The van der Waals surface area contributed by atoms with Crippen molar-refractivity contribution >= 4 is 23.4 Å². The van der Waals surface area contributed by atoms with Gasteiger partial charge in [-0.3, -0.25) is 0 Å². The second-order valence-corrected chi connectivity index (χ2v) is 6.69. The summed E-state index contributed by atoms with van der Waals surface area (Å²) in [7, 11) is 0. The molecule has 7 heteroatoms. The van der Waals surface area contributed by atoms with E-state index in [2.05, 4.69) is 10.2 Å². The Morgan fingerprint density at radius 2 is 2.00 bits per heavy atom. The first kappa shape index (κ1) is 17.8. The van der Waals surface area contributed by atoms with Crippen LogP contribution in [0.25, 0.3) is 11.4 Å². The molecular formula is C18H17ClFN3OS. The lowest BCUT2D eigenvalue weighted by Gasteiger charge is -2.09. The maximum atomic E-state index is 13.5. The van der Waals surface area contributed by atoms with Gasteiger partial charge in [0.25, 0.3) is 0 Å². The molecule has 3 rings (SSSR count). The van der Waals surface area contributed by atoms with Gasteiger partial charge in [0.15, 0.2) is 22.5 Å². The van der Waals surface area contributed by atoms with E-state index in [0.717, 1.165) is 23.1 Å². The second kappa shape index (κ2) is 8.36. The summed E-state index contributed by atoms with van der Waals surface area (Å²) in [4.78, 5) is 0. The molecule has 4 nitrogen and oxygen atoms in total. The maximum absolute atomic E-state index is 13.5. The van der Waals surface area contributed by atoms with Gasteiger partial charge in [-0.15, -0.1) is 10.2 Å². The molecule has 130 valence electrons. The van der Waals surface area contributed by atoms with Gasteiger partial charge in [0.2, 0.25) is 0 Å². The molecule has 0 aliphatic heterocycles. The smallest absolute Gasteiger partial charge is 0.191 e. The zero-order valence-corrected chi connectivity index (χ0v) is 15.2. The van der Waals surface area contributed by atoms with Gasteiger partial charge in [0.1, 0.15) is 0 Å². The minimum absolute atomic E-state index is 0.264. The van der Waals surface area contributed by atoms with Crippen LogP contribution in [0.1, 0.15) is 6.92 Å². The van der Waals surface area contributed by atoms with E-state index in [1.54, 1.807) is 18.2 Å². The van der Waals surface area contributed by atoms with Gasteiger partial charge in [-0.2, -0.15) is 0 Å². The number of hydrogen-bond acceptors (Lipinski definition) is 4. The zero-order chi connectivity index (χ0) is 17.6. The third kappa shape index (κ3) is 4.32. The standard InChI is InChI=1S/C18H17ClFN3OS/c1-2-23-17(13-6-5-7-14(19)12-13)21-22-18(23)25-11-10-24-16-9-4-3-8-15(16)20/h3-9,12H,2,10-11H2,1H3. The van der Waals surface area contributed by atoms with Gasteiger partial charge < -0.3 is 9.30 Å². The van der Waals surface area contributed by atoms with Crippen LogP contribution in [-0.2, 0) is 6.54 Å². The average molecular weight is 378 g/mol. The Morgan fingerprint density at radius 3 is 2.76 bits per heavy atom. The number of thioether (sulfide) groups is 1. The van der Waals surface area contributed by atoms with E-state index in [9.17, 15) is 4.39 Å². The number of benzene rings is 2. The lowest BCUT2D eigenvalue weighted by atomic mass is 10.2. The van der Waals surface area contributed by atoms with E-state index < -0.39 is 0 Å². The predicted octanol–water partition coefficient (Wildman–Crippen LogP) is 4.93. The van der Waals surface area contributed by atoms with E-state index in [4.69, 9.17) is 16.3 Å². The number of aromatic nitrogens is 3. The number of halogens is 2. The van der Waals surface area contributed by atoms with E-state index in [1.165, 1.54) is 17.8 Å². The van der Waals surface area contributed by atoms with Gasteiger partial charge in [-0.25, -0.2) is 4.39 Å². The molecule has 0 fully saturated rings. The summed E-state index contributed by atoms with van der Waals surface area (Å²) >= 11 is 7.59. The van der Waals surface area contributed by atoms with Crippen molar-refractivity contribution in [3.63, 3.8) is 0 Å². The highest BCUT2D eigenvalue weighted by atomic mass is 35.5. The van der Waals surface area contributed by atoms with Gasteiger partial charge >= 0.3 is 0 Å². The second-order valence-electron chi connectivity index (χ2n) is 5.19. The first-order valence-electron chi connectivity index (χ1n) is 7.88. The lowest BCUT2D eigenvalue weighted by molar-refractivity contribution is 0.325. The summed E-state index contributed by atoms with van der Waals surface area (Å²) in [6, 6.07) is 13.9. The van der Waals surface area contributed by atoms with Gasteiger partial charge in [0, 0.05) is 22.9 Å². The monoisotopic (exact) mass is 377 g/mol. The fourth-order valence-corrected chi connectivity index (χ4v) is 3.38. The summed E-state index contributed by atoms with van der Waals surface area (Å²) in [5.41, 5.74) is 0.927. The number of hydrogen-bond donors (Lipinski definition) is 0. The Bertz CT molecular complexity index is 856. The number of ether oxygens (including phenoxy) is 1. The first-order valence-corrected chi connectivity index (χ1v) is 9.24. The molecule has 25 heavy (non-hydrogen) atoms. The summed E-state index contributed by atoms with van der Waals surface area (Å²) in [6.07, 6.45) is 0. The highest BCUT2D eigenvalue weighted by molar-refractivity contribution is 7.99. The molecule has 0 aliphatic rings. The number of para-hydroxylation sites is 1. The highest BCUT2D eigenvalue weighted by Crippen LogP contribution is 2.26. The Labute approximate surface area is 155 Å². The topological polar surface area (TPSA) is 39.9 Å². The molecule has 0 amide bonds. The zero-order valence-electron chi connectivity index (χ0n) is 13.7. The molecular weight excluding hydrogens is 361 g/mol. The number of nitrogens with zero attached hydrogens (tertiary/aromatic N) is 3. The van der Waals surface area contributed by atoms with Gasteiger partial charge in [-0.05, 0) is 31.2 Å². The Balaban J connectivity index is 1.64. The molecule has 0 radical (unpaired) electrons. The largest absolute Gasteiger partial charge is 0.490 e. The third-order valence-electron chi connectivity index (χ3n) is 3.52. The van der Waals surface area contributed by atoms with Crippen molar-refractivity contribution in [3.05, 3.63) is 59.4 Å². The molecule has 1 heterocycles. The van der Waals surface area contributed by atoms with E-state index >= 15 is 0 Å². The molecule has 0 saturated carbocycles. The van der Waals surface area contributed by atoms with Crippen LogP contribution in [0.4, 0.5) is 4.39 Å². The van der Waals surface area contributed by atoms with Gasteiger partial charge in [-0.1, -0.05) is 47.6 Å². The van der Waals surface area contributed by atoms with E-state index in [1.807, 2.05) is 35.8 Å². The molecule has 0 bridgehead atoms. The normalized spacial score (nSPS) is 10.8. The fourth-order valence-electron chi connectivity index (χ4n) is 2.37. The van der Waals surface area contributed by atoms with Crippen LogP contribution >= 0.6 is 23.4 Å². The molecule has 0 saturated heterocycles. The highest BCUT2D eigenvalue weighted by Gasteiger charge is 2.13. The van der Waals surface area contributed by atoms with Crippen molar-refractivity contribution in [1.29, 1.82) is 0 Å². The molecule has 1 aromatic heterocycles. The van der Waals surface area contributed by atoms with Crippen molar-refractivity contribution in [3.8, 4) is 17.1 Å². The van der Waals surface area contributed by atoms with E-state index in [-0.39, 0.29) is 11.6 Å². The van der Waals surface area contributed by atoms with Crippen LogP contribution in [0, 0.1) is 5.82 Å². The minimum Gasteiger partial charge on any atom is -0.490 e. The van der Waals surface area contributed by atoms with Crippen LogP contribution in [-0.4, -0.2) is 27.1 Å². The number of rotatable bonds is 7. The molecule has 0 atom stereocenters. The molecule has 0 unspecified atom stereocenters. The average Bonchev–Trinajstić information content (AvgIpc) is 3.03. The summed E-state index contributed by atoms with van der Waals surface area (Å²) in [6.45, 7) is 3.16. The minimum atomic E-state index is -0.354. The van der Waals surface area contributed by atoms with Crippen molar-refractivity contribution in [2.24, 2.45) is 0 Å². The Kier molecular flexibility index (Phi) is 5.94. The Hall–Kier alpha value is -2.05. The van der Waals surface area contributed by atoms with Gasteiger partial charge in [0.05, 0.1) is 6.61 Å². The maximum Gasteiger partial charge on any atom is 0.191 e. The summed E-state index contributed by atoms with van der Waals surface area (Å²) in [5, 5.41) is 10.0. The molecule has 3 aromatic rings. The van der Waals surface area contributed by atoms with Crippen LogP contribution in [0.2, 0.25) is 5.02 Å². The predicted molar refractivity (Wildman–Crippen MR) is 98.8 cm³/mol. The quantitative estimate of drug-likeness (QED) is 0.432. The van der Waals surface area contributed by atoms with E-state index in [0.29, 0.717) is 17.4 Å². The van der Waals surface area contributed by atoms with Crippen LogP contribution in [0.15, 0.2) is 53.7 Å². The third-order valence-corrected chi connectivity index (χ3v) is 4.69. The van der Waals surface area contributed by atoms with Crippen molar-refractivity contribution in [2.45, 2.75) is 18.6 Å². The Morgan fingerprint density at radius 1 is 1.16 bits per heavy atom. The fraction of sp³-hybridized carbons (Fsp3) is 0.222. The molecule has 0 aliphatic carbocycles. The SMILES string of the molecule is CCn1c(SCCOc2ccccc2F)nnc1-c1cccc(Cl)c1. The lowest BCUT2D eigenvalue weighted by Crippen LogP contribution is -2.04. The van der Waals surface area contributed by atoms with Crippen LogP contribution in [0.3, 0.4) is 0 Å². The van der Waals surface area contributed by atoms with Crippen molar-refractivity contribution in [2.75, 3.05) is 12.4 Å². The summed E-state index contributed by atoms with van der Waals surface area (Å²) in [5.74, 6) is 1.33. The summed E-state index contributed by atoms with van der Waals surface area (Å²) < 4.78 is 21.0. The first-order chi connectivity index (χ1) is 12.2. The molecule has 2 aromatic carbocycles. The van der Waals surface area contributed by atoms with Crippen LogP contribution in [0.5, 0.6) is 5.75 Å². The molecule has 0 spiro atoms. The van der Waals surface area contributed by atoms with Crippen LogP contribution < -0.4 is 4.74 Å². The van der Waals surface area contributed by atoms with Crippen molar-refractivity contribution < 1.29 is 9.13 Å². The molecule has 0 N–H and O–H groups in total.